The molecule has 0 spiro atoms. The van der Waals surface area contributed by atoms with E-state index < -0.39 is 15.8 Å². The molecule has 0 N–H and O–H groups in total. The molecule has 25 heavy (non-hydrogen) atoms. The first-order chi connectivity index (χ1) is 12.0. The first-order valence-corrected chi connectivity index (χ1v) is 9.36. The zero-order valence-electron chi connectivity index (χ0n) is 13.1. The molecule has 3 rings (SSSR count). The molecule has 0 aliphatic rings. The monoisotopic (exact) mass is 375 g/mol. The Kier molecular flexibility index (Phi) is 5.06. The van der Waals surface area contributed by atoms with Gasteiger partial charge in [0.25, 0.3) is 10.0 Å². The van der Waals surface area contributed by atoms with E-state index in [9.17, 15) is 12.8 Å². The summed E-state index contributed by atoms with van der Waals surface area (Å²) < 4.78 is 40.7. The van der Waals surface area contributed by atoms with Crippen LogP contribution in [0.15, 0.2) is 83.8 Å². The van der Waals surface area contributed by atoms with Gasteiger partial charge in [-0.3, -0.25) is 4.31 Å². The maximum absolute atomic E-state index is 13.3. The van der Waals surface area contributed by atoms with Crippen LogP contribution in [0.2, 0.25) is 5.02 Å². The Hall–Kier alpha value is -2.37. The molecule has 3 nitrogen and oxygen atoms in total. The molecule has 0 bridgehead atoms. The summed E-state index contributed by atoms with van der Waals surface area (Å²) >= 11 is 5.89. The second-order valence-corrected chi connectivity index (χ2v) is 7.73. The smallest absolute Gasteiger partial charge is 0.262 e. The van der Waals surface area contributed by atoms with Gasteiger partial charge in [-0.2, -0.15) is 0 Å². The molecule has 3 aromatic carbocycles. The SMILES string of the molecule is O=S(=O)(c1ccccc1)N(Cc1ccc(Cl)cc1)c1ccc(F)cc1. The van der Waals surface area contributed by atoms with E-state index >= 15 is 0 Å². The predicted octanol–water partition coefficient (Wildman–Crippen LogP) is 4.87. The maximum Gasteiger partial charge on any atom is 0.264 e. The minimum absolute atomic E-state index is 0.111. The van der Waals surface area contributed by atoms with Gasteiger partial charge in [0.05, 0.1) is 17.1 Å². The summed E-state index contributed by atoms with van der Waals surface area (Å²) in [5, 5.41) is 0.572. The van der Waals surface area contributed by atoms with Crippen LogP contribution in [0.25, 0.3) is 0 Å². The van der Waals surface area contributed by atoms with Crippen molar-refractivity contribution in [1.29, 1.82) is 0 Å². The van der Waals surface area contributed by atoms with Crippen LogP contribution in [0.3, 0.4) is 0 Å². The van der Waals surface area contributed by atoms with Gasteiger partial charge < -0.3 is 0 Å². The summed E-state index contributed by atoms with van der Waals surface area (Å²) in [6, 6.07) is 20.5. The molecule has 6 heteroatoms. The third-order valence-electron chi connectivity index (χ3n) is 3.69. The van der Waals surface area contributed by atoms with Crippen molar-refractivity contribution in [2.45, 2.75) is 11.4 Å². The average molecular weight is 376 g/mol. The van der Waals surface area contributed by atoms with E-state index in [-0.39, 0.29) is 11.4 Å². The highest BCUT2D eigenvalue weighted by Crippen LogP contribution is 2.26. The molecule has 0 radical (unpaired) electrons. The molecule has 0 aliphatic carbocycles. The molecule has 0 aromatic heterocycles. The molecule has 0 amide bonds. The number of hydrogen-bond acceptors (Lipinski definition) is 2. The Bertz CT molecular complexity index is 943. The molecule has 3 aromatic rings. The Morgan fingerprint density at radius 2 is 1.44 bits per heavy atom. The van der Waals surface area contributed by atoms with Gasteiger partial charge in [-0.25, -0.2) is 12.8 Å². The van der Waals surface area contributed by atoms with Crippen molar-refractivity contribution in [2.24, 2.45) is 0 Å². The fraction of sp³-hybridized carbons (Fsp3) is 0.0526. The van der Waals surface area contributed by atoms with Crippen molar-refractivity contribution in [3.8, 4) is 0 Å². The van der Waals surface area contributed by atoms with Crippen LogP contribution in [0, 0.1) is 5.82 Å². The van der Waals surface area contributed by atoms with E-state index in [0.717, 1.165) is 5.56 Å². The van der Waals surface area contributed by atoms with Crippen molar-refractivity contribution in [3.63, 3.8) is 0 Å². The summed E-state index contributed by atoms with van der Waals surface area (Å²) in [5.41, 5.74) is 1.16. The van der Waals surface area contributed by atoms with Gasteiger partial charge in [-0.1, -0.05) is 41.9 Å². The van der Waals surface area contributed by atoms with Crippen LogP contribution in [-0.2, 0) is 16.6 Å². The van der Waals surface area contributed by atoms with Crippen molar-refractivity contribution >= 4 is 27.3 Å². The Labute approximate surface area is 151 Å². The zero-order chi connectivity index (χ0) is 17.9. The molecule has 0 fully saturated rings. The quantitative estimate of drug-likeness (QED) is 0.637. The standard InChI is InChI=1S/C19H15ClFNO2S/c20-16-8-6-15(7-9-16)14-22(18-12-10-17(21)11-13-18)25(23,24)19-4-2-1-3-5-19/h1-13H,14H2. The van der Waals surface area contributed by atoms with E-state index in [1.807, 2.05) is 0 Å². The van der Waals surface area contributed by atoms with Gasteiger partial charge in [0.1, 0.15) is 5.82 Å². The Balaban J connectivity index is 2.05. The fourth-order valence-corrected chi connectivity index (χ4v) is 4.00. The fourth-order valence-electron chi connectivity index (χ4n) is 2.40. The molecule has 0 saturated carbocycles. The van der Waals surface area contributed by atoms with Crippen LogP contribution in [-0.4, -0.2) is 8.42 Å². The molecule has 128 valence electrons. The molecule has 0 heterocycles. The van der Waals surface area contributed by atoms with Crippen molar-refractivity contribution in [2.75, 3.05) is 4.31 Å². The highest BCUT2D eigenvalue weighted by atomic mass is 35.5. The van der Waals surface area contributed by atoms with E-state index in [0.29, 0.717) is 10.7 Å². The van der Waals surface area contributed by atoms with E-state index in [4.69, 9.17) is 11.6 Å². The van der Waals surface area contributed by atoms with Gasteiger partial charge >= 0.3 is 0 Å². The van der Waals surface area contributed by atoms with Gasteiger partial charge in [0, 0.05) is 5.02 Å². The van der Waals surface area contributed by atoms with Crippen molar-refractivity contribution in [1.82, 2.24) is 0 Å². The second-order valence-electron chi connectivity index (χ2n) is 5.43. The number of sulfonamides is 1. The van der Waals surface area contributed by atoms with Crippen molar-refractivity contribution in [3.05, 3.63) is 95.3 Å². The zero-order valence-corrected chi connectivity index (χ0v) is 14.7. The van der Waals surface area contributed by atoms with Crippen molar-refractivity contribution < 1.29 is 12.8 Å². The van der Waals surface area contributed by atoms with Gasteiger partial charge in [-0.05, 0) is 54.1 Å². The van der Waals surface area contributed by atoms with Crippen LogP contribution >= 0.6 is 11.6 Å². The summed E-state index contributed by atoms with van der Waals surface area (Å²) in [4.78, 5) is 0.174. The maximum atomic E-state index is 13.3. The first kappa shape index (κ1) is 17.5. The van der Waals surface area contributed by atoms with Crippen LogP contribution in [0.5, 0.6) is 0 Å². The molecular weight excluding hydrogens is 361 g/mol. The summed E-state index contributed by atoms with van der Waals surface area (Å²) in [7, 11) is -3.80. The highest BCUT2D eigenvalue weighted by molar-refractivity contribution is 7.92. The predicted molar refractivity (Wildman–Crippen MR) is 97.7 cm³/mol. The molecular formula is C19H15ClFNO2S. The lowest BCUT2D eigenvalue weighted by Crippen LogP contribution is -2.30. The number of halogens is 2. The lowest BCUT2D eigenvalue weighted by atomic mass is 10.2. The molecule has 0 saturated heterocycles. The van der Waals surface area contributed by atoms with Gasteiger partial charge in [0.2, 0.25) is 0 Å². The number of anilines is 1. The number of rotatable bonds is 5. The molecule has 0 atom stereocenters. The molecule has 0 unspecified atom stereocenters. The van der Waals surface area contributed by atoms with Crippen LogP contribution in [0.1, 0.15) is 5.56 Å². The Morgan fingerprint density at radius 3 is 2.04 bits per heavy atom. The topological polar surface area (TPSA) is 37.4 Å². The largest absolute Gasteiger partial charge is 0.264 e. The minimum Gasteiger partial charge on any atom is -0.262 e. The third-order valence-corrected chi connectivity index (χ3v) is 5.73. The third kappa shape index (κ3) is 4.00. The number of hydrogen-bond donors (Lipinski definition) is 0. The van der Waals surface area contributed by atoms with Gasteiger partial charge in [0.15, 0.2) is 0 Å². The molecule has 0 aliphatic heterocycles. The average Bonchev–Trinajstić information content (AvgIpc) is 2.63. The number of nitrogens with zero attached hydrogens (tertiary/aromatic N) is 1. The lowest BCUT2D eigenvalue weighted by molar-refractivity contribution is 0.590. The minimum atomic E-state index is -3.80. The normalized spacial score (nSPS) is 11.3. The van der Waals surface area contributed by atoms with E-state index in [1.54, 1.807) is 42.5 Å². The second kappa shape index (κ2) is 7.25. The first-order valence-electron chi connectivity index (χ1n) is 7.54. The van der Waals surface area contributed by atoms with Gasteiger partial charge in [-0.15, -0.1) is 0 Å². The summed E-state index contributed by atoms with van der Waals surface area (Å²) in [6.45, 7) is 0.111. The summed E-state index contributed by atoms with van der Waals surface area (Å²) in [5.74, 6) is -0.424. The van der Waals surface area contributed by atoms with Crippen LogP contribution < -0.4 is 4.31 Å². The van der Waals surface area contributed by atoms with E-state index in [1.165, 1.54) is 40.7 Å². The lowest BCUT2D eigenvalue weighted by Gasteiger charge is -2.24. The van der Waals surface area contributed by atoms with E-state index in [2.05, 4.69) is 0 Å². The highest BCUT2D eigenvalue weighted by Gasteiger charge is 2.25. The Morgan fingerprint density at radius 1 is 0.840 bits per heavy atom. The van der Waals surface area contributed by atoms with Crippen LogP contribution in [0.4, 0.5) is 10.1 Å². The summed E-state index contributed by atoms with van der Waals surface area (Å²) in [6.07, 6.45) is 0. The number of benzene rings is 3.